The molecule has 2 aromatic heterocycles. The predicted molar refractivity (Wildman–Crippen MR) is 234 cm³/mol. The Morgan fingerprint density at radius 3 is 1.19 bits per heavy atom. The van der Waals surface area contributed by atoms with Crippen molar-refractivity contribution in [1.82, 2.24) is 9.97 Å². The first kappa shape index (κ1) is 41.9. The standard InChI is InChI=1S/C27H39N.C25H35N/c1-3-5-7-8-10-23-13-17-25(18-14-23)27-20-19-26(21-28-27)24-15-11-22(12-16-24)9-6-4-2;1-3-5-6-7-8-21-11-15-23(16-12-21)25-18-17-24(19-26-25)22-13-9-20(4-2)10-14-22/h11-12,15-16,19-21,23,25H,3-10,13-14,17-18H2,1-2H3;9-10,13-14,17-19,21,23H,3-8,11-12,15-16H2,1-2H3. The maximum Gasteiger partial charge on any atom is 0.0434 e. The van der Waals surface area contributed by atoms with Crippen molar-refractivity contribution in [1.29, 1.82) is 0 Å². The zero-order valence-corrected chi connectivity index (χ0v) is 34.8. The van der Waals surface area contributed by atoms with Gasteiger partial charge in [-0.05, 0) is 117 Å². The van der Waals surface area contributed by atoms with Gasteiger partial charge in [0, 0.05) is 46.7 Å². The summed E-state index contributed by atoms with van der Waals surface area (Å²) < 4.78 is 0. The van der Waals surface area contributed by atoms with Gasteiger partial charge < -0.3 is 0 Å². The first-order valence-corrected chi connectivity index (χ1v) is 22.7. The molecule has 2 saturated carbocycles. The molecule has 2 heteroatoms. The average molecular weight is 727 g/mol. The quantitative estimate of drug-likeness (QED) is 0.0954. The summed E-state index contributed by atoms with van der Waals surface area (Å²) in [5.74, 6) is 3.30. The monoisotopic (exact) mass is 727 g/mol. The van der Waals surface area contributed by atoms with Crippen LogP contribution in [0.3, 0.4) is 0 Å². The molecule has 0 spiro atoms. The van der Waals surface area contributed by atoms with E-state index in [1.54, 1.807) is 0 Å². The molecule has 2 aromatic carbocycles. The van der Waals surface area contributed by atoms with Gasteiger partial charge in [-0.2, -0.15) is 0 Å². The minimum absolute atomic E-state index is 0.678. The van der Waals surface area contributed by atoms with E-state index in [1.165, 1.54) is 180 Å². The van der Waals surface area contributed by atoms with Crippen molar-refractivity contribution in [3.05, 3.63) is 108 Å². The minimum Gasteiger partial charge on any atom is -0.260 e. The summed E-state index contributed by atoms with van der Waals surface area (Å²) in [6, 6.07) is 27.1. The highest BCUT2D eigenvalue weighted by molar-refractivity contribution is 5.63. The molecule has 2 aliphatic carbocycles. The molecule has 0 unspecified atom stereocenters. The Labute approximate surface area is 331 Å². The summed E-state index contributed by atoms with van der Waals surface area (Å²) >= 11 is 0. The lowest BCUT2D eigenvalue weighted by atomic mass is 9.78. The second kappa shape index (κ2) is 23.6. The zero-order chi connectivity index (χ0) is 37.8. The van der Waals surface area contributed by atoms with Gasteiger partial charge in [0.1, 0.15) is 0 Å². The van der Waals surface area contributed by atoms with Crippen LogP contribution in [0.15, 0.2) is 85.2 Å². The second-order valence-electron chi connectivity index (χ2n) is 16.9. The third-order valence-electron chi connectivity index (χ3n) is 12.8. The van der Waals surface area contributed by atoms with Crippen LogP contribution in [0.4, 0.5) is 0 Å². The van der Waals surface area contributed by atoms with E-state index in [0.29, 0.717) is 11.8 Å². The lowest BCUT2D eigenvalue weighted by molar-refractivity contribution is 0.299. The van der Waals surface area contributed by atoms with Crippen molar-refractivity contribution >= 4 is 0 Å². The van der Waals surface area contributed by atoms with Crippen molar-refractivity contribution < 1.29 is 0 Å². The fraction of sp³-hybridized carbons (Fsp3) is 0.577. The second-order valence-corrected chi connectivity index (χ2v) is 16.9. The molecule has 0 radical (unpaired) electrons. The van der Waals surface area contributed by atoms with Crippen LogP contribution in [0.25, 0.3) is 22.3 Å². The van der Waals surface area contributed by atoms with Crippen molar-refractivity contribution in [2.24, 2.45) is 11.8 Å². The highest BCUT2D eigenvalue weighted by Crippen LogP contribution is 2.39. The lowest BCUT2D eigenvalue weighted by Gasteiger charge is -2.28. The molecule has 0 aliphatic heterocycles. The van der Waals surface area contributed by atoms with Crippen molar-refractivity contribution in [2.75, 3.05) is 0 Å². The Morgan fingerprint density at radius 1 is 0.407 bits per heavy atom. The van der Waals surface area contributed by atoms with Gasteiger partial charge in [0.25, 0.3) is 0 Å². The van der Waals surface area contributed by atoms with Gasteiger partial charge in [0.15, 0.2) is 0 Å². The maximum atomic E-state index is 4.86. The maximum absolute atomic E-state index is 4.86. The molecular weight excluding hydrogens is 653 g/mol. The van der Waals surface area contributed by atoms with Gasteiger partial charge >= 0.3 is 0 Å². The molecule has 2 aliphatic rings. The van der Waals surface area contributed by atoms with E-state index in [9.17, 15) is 0 Å². The Morgan fingerprint density at radius 2 is 0.815 bits per heavy atom. The third kappa shape index (κ3) is 13.5. The van der Waals surface area contributed by atoms with Gasteiger partial charge in [-0.15, -0.1) is 0 Å². The summed E-state index contributed by atoms with van der Waals surface area (Å²) in [7, 11) is 0. The van der Waals surface area contributed by atoms with Gasteiger partial charge in [0.2, 0.25) is 0 Å². The number of pyridine rings is 2. The molecule has 2 nitrogen and oxygen atoms in total. The smallest absolute Gasteiger partial charge is 0.0434 e. The van der Waals surface area contributed by atoms with Crippen LogP contribution in [0.2, 0.25) is 0 Å². The van der Waals surface area contributed by atoms with Crippen LogP contribution in [-0.2, 0) is 12.8 Å². The molecule has 6 rings (SSSR count). The zero-order valence-electron chi connectivity index (χ0n) is 34.8. The third-order valence-corrected chi connectivity index (χ3v) is 12.8. The predicted octanol–water partition coefficient (Wildman–Crippen LogP) is 15.9. The Kier molecular flexibility index (Phi) is 18.3. The van der Waals surface area contributed by atoms with E-state index in [0.717, 1.165) is 18.3 Å². The first-order valence-electron chi connectivity index (χ1n) is 22.7. The number of nitrogens with zero attached hydrogens (tertiary/aromatic N) is 2. The van der Waals surface area contributed by atoms with Crippen LogP contribution in [-0.4, -0.2) is 9.97 Å². The highest BCUT2D eigenvalue weighted by Gasteiger charge is 2.24. The van der Waals surface area contributed by atoms with Crippen molar-refractivity contribution in [3.63, 3.8) is 0 Å². The van der Waals surface area contributed by atoms with Gasteiger partial charge in [-0.1, -0.05) is 159 Å². The molecule has 4 aromatic rings. The highest BCUT2D eigenvalue weighted by atomic mass is 14.7. The molecule has 0 amide bonds. The van der Waals surface area contributed by atoms with Crippen LogP contribution < -0.4 is 0 Å². The molecule has 54 heavy (non-hydrogen) atoms. The normalized spacial score (nSPS) is 19.9. The van der Waals surface area contributed by atoms with E-state index in [1.807, 2.05) is 0 Å². The minimum atomic E-state index is 0.678. The van der Waals surface area contributed by atoms with Gasteiger partial charge in [0.05, 0.1) is 0 Å². The SMILES string of the molecule is CCCCCCC1CCC(c2ccc(-c3ccc(CC)cc3)cn2)CC1.CCCCCCC1CCC(c2ccc(-c3ccc(CCCC)cc3)cn2)CC1. The molecule has 2 heterocycles. The average Bonchev–Trinajstić information content (AvgIpc) is 3.24. The topological polar surface area (TPSA) is 25.8 Å². The van der Waals surface area contributed by atoms with E-state index in [4.69, 9.17) is 9.97 Å². The van der Waals surface area contributed by atoms with E-state index in [-0.39, 0.29) is 0 Å². The van der Waals surface area contributed by atoms with Crippen LogP contribution in [0.5, 0.6) is 0 Å². The van der Waals surface area contributed by atoms with Crippen molar-refractivity contribution in [2.45, 2.75) is 181 Å². The van der Waals surface area contributed by atoms with E-state index < -0.39 is 0 Å². The van der Waals surface area contributed by atoms with Gasteiger partial charge in [-0.3, -0.25) is 9.97 Å². The number of unbranched alkanes of at least 4 members (excludes halogenated alkanes) is 7. The number of aryl methyl sites for hydroxylation is 2. The summed E-state index contributed by atoms with van der Waals surface area (Å²) in [5, 5.41) is 0. The largest absolute Gasteiger partial charge is 0.260 e. The number of aromatic nitrogens is 2. The summed E-state index contributed by atoms with van der Waals surface area (Å²) in [6.07, 6.45) is 34.1. The summed E-state index contributed by atoms with van der Waals surface area (Å²) in [5.41, 5.74) is 10.5. The molecule has 0 saturated heterocycles. The van der Waals surface area contributed by atoms with Crippen molar-refractivity contribution in [3.8, 4) is 22.3 Å². The Bertz CT molecular complexity index is 1540. The number of rotatable bonds is 18. The summed E-state index contributed by atoms with van der Waals surface area (Å²) in [4.78, 5) is 9.70. The first-order chi connectivity index (χ1) is 26.6. The molecule has 0 N–H and O–H groups in total. The van der Waals surface area contributed by atoms with E-state index >= 15 is 0 Å². The van der Waals surface area contributed by atoms with Crippen LogP contribution in [0.1, 0.15) is 190 Å². The molecular formula is C52H74N2. The molecule has 0 bridgehead atoms. The fourth-order valence-electron chi connectivity index (χ4n) is 9.03. The molecule has 2 fully saturated rings. The van der Waals surface area contributed by atoms with E-state index in [2.05, 4.69) is 113 Å². The number of hydrogen-bond acceptors (Lipinski definition) is 2. The fourth-order valence-corrected chi connectivity index (χ4v) is 9.03. The molecule has 0 atom stereocenters. The number of hydrogen-bond donors (Lipinski definition) is 0. The Hall–Kier alpha value is -3.26. The lowest BCUT2D eigenvalue weighted by Crippen LogP contribution is -2.14. The number of benzene rings is 2. The Balaban J connectivity index is 0.000000208. The summed E-state index contributed by atoms with van der Waals surface area (Å²) in [6.45, 7) is 9.04. The van der Waals surface area contributed by atoms with Crippen LogP contribution >= 0.6 is 0 Å². The molecule has 292 valence electrons. The van der Waals surface area contributed by atoms with Crippen LogP contribution in [0, 0.1) is 11.8 Å². The van der Waals surface area contributed by atoms with Gasteiger partial charge in [-0.25, -0.2) is 0 Å².